The van der Waals surface area contributed by atoms with Crippen LogP contribution in [0.4, 0.5) is 0 Å². The van der Waals surface area contributed by atoms with Crippen LogP contribution >= 0.6 is 12.2 Å². The Morgan fingerprint density at radius 2 is 2.17 bits per heavy atom. The fraction of sp³-hybridized carbons (Fsp3) is 0.538. The van der Waals surface area contributed by atoms with Gasteiger partial charge in [-0.25, -0.2) is 4.98 Å². The van der Waals surface area contributed by atoms with Gasteiger partial charge in [0.1, 0.15) is 0 Å². The molecule has 1 aliphatic rings. The summed E-state index contributed by atoms with van der Waals surface area (Å²) in [5, 5.41) is 0. The van der Waals surface area contributed by atoms with E-state index in [0.29, 0.717) is 0 Å². The molecule has 0 atom stereocenters. The van der Waals surface area contributed by atoms with Crippen molar-refractivity contribution in [2.75, 3.05) is 13.2 Å². The highest BCUT2D eigenvalue weighted by Gasteiger charge is 2.31. The van der Waals surface area contributed by atoms with Crippen LogP contribution in [0.25, 0.3) is 11.2 Å². The zero-order valence-electron chi connectivity index (χ0n) is 10.7. The van der Waals surface area contributed by atoms with E-state index < -0.39 is 0 Å². The second-order valence-corrected chi connectivity index (χ2v) is 5.65. The Balaban J connectivity index is 2.22. The molecule has 0 aliphatic carbocycles. The largest absolute Gasteiger partial charge is 0.381 e. The van der Waals surface area contributed by atoms with E-state index in [2.05, 4.69) is 27.5 Å². The Morgan fingerprint density at radius 1 is 1.44 bits per heavy atom. The van der Waals surface area contributed by atoms with Gasteiger partial charge in [0.25, 0.3) is 0 Å². The standard InChI is InChI=1S/C13H17N3OS/c1-9-7-10-11(14-8-9)16(12(18)15-10)13(2)3-5-17-6-4-13/h7-8H,3-6H2,1-2H3,(H,15,18). The van der Waals surface area contributed by atoms with Crippen LogP contribution in [0, 0.1) is 11.7 Å². The number of H-pyrrole nitrogens is 1. The van der Waals surface area contributed by atoms with Gasteiger partial charge in [-0.05, 0) is 50.5 Å². The van der Waals surface area contributed by atoms with Crippen LogP contribution in [0.15, 0.2) is 12.3 Å². The summed E-state index contributed by atoms with van der Waals surface area (Å²) < 4.78 is 8.38. The van der Waals surface area contributed by atoms with Gasteiger partial charge in [-0.1, -0.05) is 0 Å². The van der Waals surface area contributed by atoms with Crippen LogP contribution in [0.1, 0.15) is 25.3 Å². The molecular formula is C13H17N3OS. The van der Waals surface area contributed by atoms with E-state index in [4.69, 9.17) is 17.0 Å². The van der Waals surface area contributed by atoms with Crippen molar-refractivity contribution in [1.82, 2.24) is 14.5 Å². The average molecular weight is 263 g/mol. The molecule has 0 aromatic carbocycles. The summed E-state index contributed by atoms with van der Waals surface area (Å²) in [4.78, 5) is 7.81. The van der Waals surface area contributed by atoms with Crippen LogP contribution < -0.4 is 0 Å². The lowest BCUT2D eigenvalue weighted by molar-refractivity contribution is 0.0304. The third-order valence-corrected chi connectivity index (χ3v) is 4.05. The van der Waals surface area contributed by atoms with Gasteiger partial charge >= 0.3 is 0 Å². The lowest BCUT2D eigenvalue weighted by Crippen LogP contribution is -2.36. The molecule has 1 fully saturated rings. The fourth-order valence-electron chi connectivity index (χ4n) is 2.64. The number of aromatic amines is 1. The van der Waals surface area contributed by atoms with Crippen LogP contribution in [0.3, 0.4) is 0 Å². The van der Waals surface area contributed by atoms with Crippen LogP contribution in [0.5, 0.6) is 0 Å². The Labute approximate surface area is 111 Å². The maximum absolute atomic E-state index is 5.48. The Hall–Kier alpha value is -1.20. The number of pyridine rings is 1. The van der Waals surface area contributed by atoms with Gasteiger partial charge in [0.05, 0.1) is 11.1 Å². The number of hydrogen-bond donors (Lipinski definition) is 1. The maximum Gasteiger partial charge on any atom is 0.179 e. The first-order chi connectivity index (χ1) is 8.60. The summed E-state index contributed by atoms with van der Waals surface area (Å²) in [6.45, 7) is 5.85. The van der Waals surface area contributed by atoms with Crippen molar-refractivity contribution in [3.63, 3.8) is 0 Å². The molecule has 0 saturated carbocycles. The zero-order valence-corrected chi connectivity index (χ0v) is 11.5. The first-order valence-corrected chi connectivity index (χ1v) is 6.67. The van der Waals surface area contributed by atoms with Crippen molar-refractivity contribution in [3.05, 3.63) is 22.6 Å². The minimum atomic E-state index is 0.00976. The Bertz CT molecular complexity index is 637. The van der Waals surface area contributed by atoms with Crippen molar-refractivity contribution >= 4 is 23.4 Å². The molecule has 96 valence electrons. The van der Waals surface area contributed by atoms with Gasteiger partial charge < -0.3 is 9.72 Å². The molecule has 18 heavy (non-hydrogen) atoms. The molecule has 3 rings (SSSR count). The zero-order chi connectivity index (χ0) is 12.8. The molecule has 5 heteroatoms. The van der Waals surface area contributed by atoms with Crippen molar-refractivity contribution in [1.29, 1.82) is 0 Å². The predicted octanol–water partition coefficient (Wildman–Crippen LogP) is 2.93. The quantitative estimate of drug-likeness (QED) is 0.804. The van der Waals surface area contributed by atoms with Gasteiger partial charge in [-0.3, -0.25) is 4.57 Å². The number of rotatable bonds is 1. The van der Waals surface area contributed by atoms with E-state index in [1.54, 1.807) is 0 Å². The Morgan fingerprint density at radius 3 is 2.89 bits per heavy atom. The number of nitrogens with zero attached hydrogens (tertiary/aromatic N) is 2. The predicted molar refractivity (Wildman–Crippen MR) is 73.4 cm³/mol. The van der Waals surface area contributed by atoms with Gasteiger partial charge in [0.2, 0.25) is 0 Å². The maximum atomic E-state index is 5.48. The van der Waals surface area contributed by atoms with E-state index in [-0.39, 0.29) is 5.54 Å². The number of ether oxygens (including phenoxy) is 1. The molecule has 0 unspecified atom stereocenters. The molecule has 0 amide bonds. The van der Waals surface area contributed by atoms with Gasteiger partial charge in [0, 0.05) is 19.4 Å². The normalized spacial score (nSPS) is 19.2. The lowest BCUT2D eigenvalue weighted by Gasteiger charge is -2.35. The molecule has 0 radical (unpaired) electrons. The fourth-order valence-corrected chi connectivity index (χ4v) is 3.05. The Kier molecular flexibility index (Phi) is 2.75. The minimum absolute atomic E-state index is 0.00976. The van der Waals surface area contributed by atoms with E-state index >= 15 is 0 Å². The molecule has 2 aromatic heterocycles. The summed E-state index contributed by atoms with van der Waals surface area (Å²) >= 11 is 5.48. The lowest BCUT2D eigenvalue weighted by atomic mass is 9.92. The summed E-state index contributed by atoms with van der Waals surface area (Å²) in [6, 6.07) is 2.09. The second-order valence-electron chi connectivity index (χ2n) is 5.26. The third kappa shape index (κ3) is 1.78. The van der Waals surface area contributed by atoms with E-state index in [0.717, 1.165) is 47.6 Å². The molecule has 0 bridgehead atoms. The topological polar surface area (TPSA) is 42.8 Å². The molecular weight excluding hydrogens is 246 g/mol. The first kappa shape index (κ1) is 11.9. The van der Waals surface area contributed by atoms with Crippen molar-refractivity contribution in [3.8, 4) is 0 Å². The highest BCUT2D eigenvalue weighted by molar-refractivity contribution is 7.71. The van der Waals surface area contributed by atoms with Gasteiger partial charge in [0.15, 0.2) is 10.4 Å². The number of imidazole rings is 1. The minimum Gasteiger partial charge on any atom is -0.381 e. The molecule has 1 saturated heterocycles. The second kappa shape index (κ2) is 4.17. The number of aryl methyl sites for hydroxylation is 1. The molecule has 1 N–H and O–H groups in total. The molecule has 0 spiro atoms. The van der Waals surface area contributed by atoms with Crippen molar-refractivity contribution in [2.24, 2.45) is 0 Å². The summed E-state index contributed by atoms with van der Waals surface area (Å²) in [5.41, 5.74) is 3.13. The SMILES string of the molecule is Cc1cnc2c(c1)[nH]c(=S)n2C1(C)CCOCC1. The van der Waals surface area contributed by atoms with E-state index in [1.165, 1.54) is 0 Å². The molecule has 3 heterocycles. The number of fused-ring (bicyclic) bond motifs is 1. The molecule has 4 nitrogen and oxygen atoms in total. The van der Waals surface area contributed by atoms with E-state index in [1.807, 2.05) is 13.1 Å². The van der Waals surface area contributed by atoms with Crippen molar-refractivity contribution in [2.45, 2.75) is 32.2 Å². The number of aromatic nitrogens is 3. The first-order valence-electron chi connectivity index (χ1n) is 6.26. The smallest absolute Gasteiger partial charge is 0.179 e. The van der Waals surface area contributed by atoms with Crippen LogP contribution in [-0.4, -0.2) is 27.7 Å². The van der Waals surface area contributed by atoms with Crippen molar-refractivity contribution < 1.29 is 4.74 Å². The molecule has 2 aromatic rings. The third-order valence-electron chi connectivity index (χ3n) is 3.77. The monoisotopic (exact) mass is 263 g/mol. The summed E-state index contributed by atoms with van der Waals surface area (Å²) in [7, 11) is 0. The van der Waals surface area contributed by atoms with Crippen LogP contribution in [-0.2, 0) is 10.3 Å². The van der Waals surface area contributed by atoms with Gasteiger partial charge in [-0.2, -0.15) is 0 Å². The van der Waals surface area contributed by atoms with E-state index in [9.17, 15) is 0 Å². The number of nitrogens with one attached hydrogen (secondary N) is 1. The highest BCUT2D eigenvalue weighted by atomic mass is 32.1. The molecule has 1 aliphatic heterocycles. The average Bonchev–Trinajstić information content (AvgIpc) is 2.65. The summed E-state index contributed by atoms with van der Waals surface area (Å²) in [6.07, 6.45) is 3.85. The van der Waals surface area contributed by atoms with Gasteiger partial charge in [-0.15, -0.1) is 0 Å². The number of hydrogen-bond acceptors (Lipinski definition) is 3. The van der Waals surface area contributed by atoms with Crippen LogP contribution in [0.2, 0.25) is 0 Å². The summed E-state index contributed by atoms with van der Waals surface area (Å²) in [5.74, 6) is 0. The highest BCUT2D eigenvalue weighted by Crippen LogP contribution is 2.31.